The van der Waals surface area contributed by atoms with Gasteiger partial charge >= 0.3 is 12.4 Å². The third-order valence-electron chi connectivity index (χ3n) is 5.50. The Morgan fingerprint density at radius 1 is 1.10 bits per heavy atom. The molecule has 3 heterocycles. The molecule has 0 atom stereocenters. The van der Waals surface area contributed by atoms with Gasteiger partial charge in [0.15, 0.2) is 0 Å². The van der Waals surface area contributed by atoms with Gasteiger partial charge in [-0.1, -0.05) is 5.21 Å². The number of halogens is 6. The van der Waals surface area contributed by atoms with Crippen molar-refractivity contribution in [2.45, 2.75) is 50.0 Å². The summed E-state index contributed by atoms with van der Waals surface area (Å²) in [7, 11) is 0. The van der Waals surface area contributed by atoms with Gasteiger partial charge < -0.3 is 4.98 Å². The van der Waals surface area contributed by atoms with Gasteiger partial charge in [0, 0.05) is 17.5 Å². The fourth-order valence-electron chi connectivity index (χ4n) is 4.04. The summed E-state index contributed by atoms with van der Waals surface area (Å²) in [4.78, 5) is 7.25. The maximum absolute atomic E-state index is 12.7. The molecule has 6 nitrogen and oxygen atoms in total. The van der Waals surface area contributed by atoms with Gasteiger partial charge in [-0.05, 0) is 44.2 Å². The molecule has 0 unspecified atom stereocenters. The first kappa shape index (κ1) is 19.9. The summed E-state index contributed by atoms with van der Waals surface area (Å²) in [5, 5.41) is 10.9. The minimum Gasteiger partial charge on any atom is -0.346 e. The molecule has 1 aliphatic rings. The number of fused-ring (bicyclic) bond motifs is 3. The maximum atomic E-state index is 12.7. The zero-order valence-electron chi connectivity index (χ0n) is 15.1. The Labute approximate surface area is 160 Å². The largest absolute Gasteiger partial charge is 0.412 e. The van der Waals surface area contributed by atoms with Gasteiger partial charge in [-0.3, -0.25) is 5.32 Å². The first-order valence-corrected chi connectivity index (χ1v) is 9.18. The topological polar surface area (TPSA) is 70.9 Å². The van der Waals surface area contributed by atoms with Crippen molar-refractivity contribution in [1.82, 2.24) is 30.1 Å². The molecule has 0 bridgehead atoms. The van der Waals surface area contributed by atoms with E-state index in [9.17, 15) is 26.3 Å². The monoisotopic (exact) mass is 420 g/mol. The minimum atomic E-state index is -5.37. The van der Waals surface area contributed by atoms with Crippen LogP contribution in [0.15, 0.2) is 18.6 Å². The molecule has 158 valence electrons. The van der Waals surface area contributed by atoms with Crippen LogP contribution >= 0.6 is 0 Å². The molecule has 0 aromatic carbocycles. The molecule has 2 N–H and O–H groups in total. The van der Waals surface area contributed by atoms with Crippen LogP contribution in [-0.2, 0) is 0 Å². The molecule has 1 fully saturated rings. The Kier molecular flexibility index (Phi) is 4.91. The molecule has 29 heavy (non-hydrogen) atoms. The van der Waals surface area contributed by atoms with E-state index in [1.165, 1.54) is 0 Å². The lowest BCUT2D eigenvalue weighted by atomic mass is 9.80. The van der Waals surface area contributed by atoms with Gasteiger partial charge in [0.25, 0.3) is 0 Å². The predicted octanol–water partition coefficient (Wildman–Crippen LogP) is 3.96. The van der Waals surface area contributed by atoms with Crippen LogP contribution in [0.3, 0.4) is 0 Å². The summed E-state index contributed by atoms with van der Waals surface area (Å²) in [6, 6.07) is -1.63. The van der Waals surface area contributed by atoms with Crippen molar-refractivity contribution in [3.05, 3.63) is 24.3 Å². The van der Waals surface area contributed by atoms with E-state index in [2.05, 4.69) is 20.3 Å². The number of hydrogen-bond acceptors (Lipinski definition) is 4. The number of alkyl halides is 6. The zero-order valence-corrected chi connectivity index (χ0v) is 15.1. The standard InChI is InChI=1S/C17H18F6N6/c18-16(19,20)15(17(21,22)23)25-7-9-1-3-10(4-2-9)12-13-11-5-6-24-14(11)26-8-29(13)28-27-12/h5-6,8-10,15,24-25H,1-4,7H2. The van der Waals surface area contributed by atoms with Crippen LogP contribution in [0, 0.1) is 5.92 Å². The third kappa shape index (κ3) is 3.89. The van der Waals surface area contributed by atoms with Crippen molar-refractivity contribution < 1.29 is 26.3 Å². The van der Waals surface area contributed by atoms with Crippen LogP contribution < -0.4 is 5.32 Å². The normalized spacial score (nSPS) is 21.5. The maximum Gasteiger partial charge on any atom is 0.412 e. The highest BCUT2D eigenvalue weighted by Gasteiger charge is 2.56. The summed E-state index contributed by atoms with van der Waals surface area (Å²) in [5.41, 5.74) is 2.31. The SMILES string of the molecule is FC(F)(F)C(NCC1CCC(c2nnn3cnc4[nH]ccc4c23)CC1)C(F)(F)F. The summed E-state index contributed by atoms with van der Waals surface area (Å²) < 4.78 is 77.5. The quantitative estimate of drug-likeness (QED) is 0.627. The molecule has 3 aromatic heterocycles. The van der Waals surface area contributed by atoms with Crippen LogP contribution in [0.25, 0.3) is 16.6 Å². The number of H-pyrrole nitrogens is 1. The second kappa shape index (κ2) is 7.15. The van der Waals surface area contributed by atoms with E-state index in [1.807, 2.05) is 6.07 Å². The second-order valence-corrected chi connectivity index (χ2v) is 7.39. The minimum absolute atomic E-state index is 0.0466. The van der Waals surface area contributed by atoms with Gasteiger partial charge in [-0.15, -0.1) is 5.10 Å². The number of nitrogens with zero attached hydrogens (tertiary/aromatic N) is 4. The average Bonchev–Trinajstić information content (AvgIpc) is 3.26. The zero-order chi connectivity index (χ0) is 20.8. The Morgan fingerprint density at radius 3 is 2.45 bits per heavy atom. The molecule has 0 saturated heterocycles. The number of aromatic amines is 1. The van der Waals surface area contributed by atoms with E-state index < -0.39 is 18.4 Å². The van der Waals surface area contributed by atoms with Gasteiger partial charge in [-0.25, -0.2) is 9.50 Å². The Balaban J connectivity index is 1.43. The van der Waals surface area contributed by atoms with E-state index >= 15 is 0 Å². The molecule has 4 rings (SSSR count). The highest BCUT2D eigenvalue weighted by molar-refractivity contribution is 5.92. The second-order valence-electron chi connectivity index (χ2n) is 7.39. The number of nitrogens with one attached hydrogen (secondary N) is 2. The lowest BCUT2D eigenvalue weighted by Gasteiger charge is -2.30. The van der Waals surface area contributed by atoms with Gasteiger partial charge in [0.05, 0.1) is 5.69 Å². The lowest BCUT2D eigenvalue weighted by molar-refractivity contribution is -0.258. The van der Waals surface area contributed by atoms with E-state index in [1.54, 1.807) is 22.4 Å². The number of rotatable bonds is 4. The summed E-state index contributed by atoms with van der Waals surface area (Å²) in [5.74, 6) is -0.209. The molecule has 0 spiro atoms. The van der Waals surface area contributed by atoms with E-state index in [0.29, 0.717) is 31.3 Å². The van der Waals surface area contributed by atoms with Crippen LogP contribution in [0.1, 0.15) is 37.3 Å². The van der Waals surface area contributed by atoms with Crippen molar-refractivity contribution in [2.75, 3.05) is 6.54 Å². The molecule has 0 radical (unpaired) electrons. The molecule has 12 heteroatoms. The summed E-state index contributed by atoms with van der Waals surface area (Å²) in [6.45, 7) is -0.329. The van der Waals surface area contributed by atoms with Gasteiger partial charge in [0.2, 0.25) is 6.04 Å². The van der Waals surface area contributed by atoms with Crippen molar-refractivity contribution >= 4 is 16.6 Å². The number of aromatic nitrogens is 5. The highest BCUT2D eigenvalue weighted by atomic mass is 19.4. The molecule has 1 saturated carbocycles. The fourth-order valence-corrected chi connectivity index (χ4v) is 4.04. The van der Waals surface area contributed by atoms with Crippen LogP contribution in [0.4, 0.5) is 26.3 Å². The predicted molar refractivity (Wildman–Crippen MR) is 91.2 cm³/mol. The van der Waals surface area contributed by atoms with Crippen LogP contribution in [0.2, 0.25) is 0 Å². The molecular weight excluding hydrogens is 402 g/mol. The van der Waals surface area contributed by atoms with Crippen molar-refractivity contribution in [3.8, 4) is 0 Å². The summed E-state index contributed by atoms with van der Waals surface area (Å²) >= 11 is 0. The Hall–Kier alpha value is -2.37. The van der Waals surface area contributed by atoms with Crippen molar-refractivity contribution in [1.29, 1.82) is 0 Å². The Morgan fingerprint density at radius 2 is 1.79 bits per heavy atom. The molecule has 3 aromatic rings. The summed E-state index contributed by atoms with van der Waals surface area (Å²) in [6.07, 6.45) is -5.15. The molecular formula is C17H18F6N6. The highest BCUT2D eigenvalue weighted by Crippen LogP contribution is 2.38. The van der Waals surface area contributed by atoms with Crippen molar-refractivity contribution in [3.63, 3.8) is 0 Å². The first-order valence-electron chi connectivity index (χ1n) is 9.18. The lowest BCUT2D eigenvalue weighted by Crippen LogP contribution is -2.53. The molecule has 0 aliphatic heterocycles. The van der Waals surface area contributed by atoms with E-state index in [4.69, 9.17) is 0 Å². The van der Waals surface area contributed by atoms with Gasteiger partial charge in [0.1, 0.15) is 17.5 Å². The van der Waals surface area contributed by atoms with Gasteiger partial charge in [-0.2, -0.15) is 26.3 Å². The van der Waals surface area contributed by atoms with Crippen LogP contribution in [0.5, 0.6) is 0 Å². The smallest absolute Gasteiger partial charge is 0.346 e. The number of hydrogen-bond donors (Lipinski definition) is 2. The molecule has 1 aliphatic carbocycles. The van der Waals surface area contributed by atoms with E-state index in [-0.39, 0.29) is 18.4 Å². The molecule has 0 amide bonds. The third-order valence-corrected chi connectivity index (χ3v) is 5.50. The fraction of sp³-hybridized carbons (Fsp3) is 0.588. The Bertz CT molecular complexity index is 968. The first-order chi connectivity index (χ1) is 13.6. The average molecular weight is 420 g/mol. The van der Waals surface area contributed by atoms with Crippen LogP contribution in [-0.4, -0.2) is 49.7 Å². The van der Waals surface area contributed by atoms with E-state index in [0.717, 1.165) is 16.6 Å². The van der Waals surface area contributed by atoms with Crippen molar-refractivity contribution in [2.24, 2.45) is 5.92 Å².